The van der Waals surface area contributed by atoms with E-state index in [0.717, 1.165) is 11.4 Å². The first kappa shape index (κ1) is 21.7. The van der Waals surface area contributed by atoms with Crippen LogP contribution in [0.5, 0.6) is 0 Å². The molecule has 0 saturated carbocycles. The Bertz CT molecular complexity index is 1120. The Kier molecular flexibility index (Phi) is 5.49. The van der Waals surface area contributed by atoms with Crippen LogP contribution in [0.15, 0.2) is 24.3 Å². The minimum absolute atomic E-state index is 0.108. The van der Waals surface area contributed by atoms with Crippen molar-refractivity contribution in [2.45, 2.75) is 85.5 Å². The van der Waals surface area contributed by atoms with Gasteiger partial charge in [0.2, 0.25) is 5.91 Å². The summed E-state index contributed by atoms with van der Waals surface area (Å²) in [5, 5.41) is 4.51. The summed E-state index contributed by atoms with van der Waals surface area (Å²) in [6.07, 6.45) is 0.491. The molecule has 1 aromatic heterocycles. The highest BCUT2D eigenvalue weighted by Crippen LogP contribution is 2.45. The fourth-order valence-electron chi connectivity index (χ4n) is 5.17. The fourth-order valence-corrected chi connectivity index (χ4v) is 5.17. The number of aromatic nitrogens is 1. The number of carbonyl (C=O) groups excluding carboxylic acids is 1. The summed E-state index contributed by atoms with van der Waals surface area (Å²) in [6.45, 7) is 17.9. The van der Waals surface area contributed by atoms with Crippen LogP contribution in [0, 0.1) is 0 Å². The summed E-state index contributed by atoms with van der Waals surface area (Å²) in [5.41, 5.74) is 11.1. The van der Waals surface area contributed by atoms with E-state index in [1.807, 2.05) is 0 Å². The average molecular weight is 417 g/mol. The molecule has 1 aliphatic rings. The molecule has 4 rings (SSSR count). The molecule has 1 aliphatic heterocycles. The van der Waals surface area contributed by atoms with Gasteiger partial charge in [-0.25, -0.2) is 0 Å². The van der Waals surface area contributed by atoms with Crippen molar-refractivity contribution in [3.63, 3.8) is 0 Å². The third-order valence-corrected chi connectivity index (χ3v) is 6.70. The number of hydrogen-bond donors (Lipinski definition) is 2. The zero-order chi connectivity index (χ0) is 22.6. The molecule has 3 nitrogen and oxygen atoms in total. The average Bonchev–Trinajstić information content (AvgIpc) is 3.27. The molecule has 0 aliphatic carbocycles. The van der Waals surface area contributed by atoms with Crippen molar-refractivity contribution in [1.82, 2.24) is 4.98 Å². The lowest BCUT2D eigenvalue weighted by atomic mass is 9.85. The minimum atomic E-state index is 0.108. The molecule has 0 bridgehead atoms. The minimum Gasteiger partial charge on any atom is -0.354 e. The van der Waals surface area contributed by atoms with Crippen LogP contribution in [0.1, 0.15) is 107 Å². The summed E-state index contributed by atoms with van der Waals surface area (Å²) in [5.74, 6) is 1.69. The van der Waals surface area contributed by atoms with Crippen LogP contribution in [-0.2, 0) is 11.2 Å². The Morgan fingerprint density at radius 2 is 1.39 bits per heavy atom. The Hall–Kier alpha value is -2.55. The van der Waals surface area contributed by atoms with Gasteiger partial charge in [0.25, 0.3) is 0 Å². The van der Waals surface area contributed by atoms with Gasteiger partial charge in [0.05, 0.1) is 6.42 Å². The Labute approximate surface area is 186 Å². The van der Waals surface area contributed by atoms with E-state index < -0.39 is 0 Å². The summed E-state index contributed by atoms with van der Waals surface area (Å²) in [7, 11) is 0. The van der Waals surface area contributed by atoms with Gasteiger partial charge in [0.1, 0.15) is 0 Å². The van der Waals surface area contributed by atoms with Crippen molar-refractivity contribution in [2.24, 2.45) is 0 Å². The van der Waals surface area contributed by atoms with Crippen molar-refractivity contribution in [2.75, 3.05) is 5.32 Å². The summed E-state index contributed by atoms with van der Waals surface area (Å²) >= 11 is 0. The van der Waals surface area contributed by atoms with Gasteiger partial charge in [-0.3, -0.25) is 4.79 Å². The molecule has 2 heterocycles. The predicted molar refractivity (Wildman–Crippen MR) is 132 cm³/mol. The first-order chi connectivity index (χ1) is 14.6. The number of anilines is 1. The van der Waals surface area contributed by atoms with Gasteiger partial charge in [-0.1, -0.05) is 67.5 Å². The molecule has 31 heavy (non-hydrogen) atoms. The molecule has 0 fully saturated rings. The number of fused-ring (bicyclic) bond motifs is 2. The molecule has 1 amide bonds. The van der Waals surface area contributed by atoms with E-state index in [-0.39, 0.29) is 5.91 Å². The number of hydrogen-bond acceptors (Lipinski definition) is 1. The van der Waals surface area contributed by atoms with Crippen LogP contribution < -0.4 is 5.32 Å². The highest BCUT2D eigenvalue weighted by molar-refractivity contribution is 6.03. The first-order valence-corrected chi connectivity index (χ1v) is 11.8. The maximum absolute atomic E-state index is 12.4. The van der Waals surface area contributed by atoms with Crippen LogP contribution in [0.3, 0.4) is 0 Å². The second kappa shape index (κ2) is 7.85. The lowest BCUT2D eigenvalue weighted by Gasteiger charge is -2.21. The Balaban J connectivity index is 2.05. The van der Waals surface area contributed by atoms with Crippen LogP contribution in [0.25, 0.3) is 22.2 Å². The van der Waals surface area contributed by atoms with E-state index in [0.29, 0.717) is 30.1 Å². The highest BCUT2D eigenvalue weighted by atomic mass is 16.1. The molecule has 0 atom stereocenters. The van der Waals surface area contributed by atoms with Gasteiger partial charge in [0.15, 0.2) is 0 Å². The molecule has 0 unspecified atom stereocenters. The van der Waals surface area contributed by atoms with Crippen molar-refractivity contribution >= 4 is 22.5 Å². The van der Waals surface area contributed by atoms with Crippen LogP contribution in [0.2, 0.25) is 0 Å². The maximum Gasteiger partial charge on any atom is 0.228 e. The monoisotopic (exact) mass is 416 g/mol. The van der Waals surface area contributed by atoms with E-state index >= 15 is 0 Å². The van der Waals surface area contributed by atoms with E-state index in [1.54, 1.807) is 0 Å². The molecule has 2 aromatic carbocycles. The number of nitrogens with one attached hydrogen (secondary N) is 2. The number of aromatic amines is 1. The number of carbonyl (C=O) groups is 1. The van der Waals surface area contributed by atoms with E-state index in [2.05, 4.69) is 90.0 Å². The van der Waals surface area contributed by atoms with Crippen LogP contribution in [0.4, 0.5) is 5.69 Å². The van der Waals surface area contributed by atoms with Gasteiger partial charge < -0.3 is 10.3 Å². The molecule has 0 spiro atoms. The molecule has 0 saturated heterocycles. The van der Waals surface area contributed by atoms with Gasteiger partial charge in [0, 0.05) is 27.8 Å². The van der Waals surface area contributed by atoms with E-state index in [9.17, 15) is 4.79 Å². The number of benzene rings is 2. The fraction of sp³-hybridized carbons (Fsp3) is 0.464. The summed E-state index contributed by atoms with van der Waals surface area (Å²) < 4.78 is 0. The van der Waals surface area contributed by atoms with Crippen molar-refractivity contribution in [3.8, 4) is 11.3 Å². The molecule has 2 N–H and O–H groups in total. The molecular weight excluding hydrogens is 380 g/mol. The van der Waals surface area contributed by atoms with Crippen molar-refractivity contribution in [1.29, 1.82) is 0 Å². The SMILES string of the molecule is CC(C)c1cc(-c2cc3c(C(C)C)ccc(C(C)C)c3[nH]2)c(C(C)C)c2c1CC(=O)N2. The Morgan fingerprint density at radius 3 is 1.97 bits per heavy atom. The summed E-state index contributed by atoms with van der Waals surface area (Å²) in [6, 6.07) is 9.26. The van der Waals surface area contributed by atoms with Crippen molar-refractivity contribution < 1.29 is 4.79 Å². The highest BCUT2D eigenvalue weighted by Gasteiger charge is 2.29. The lowest BCUT2D eigenvalue weighted by molar-refractivity contribution is -0.115. The quantitative estimate of drug-likeness (QED) is 0.437. The zero-order valence-corrected chi connectivity index (χ0v) is 20.2. The zero-order valence-electron chi connectivity index (χ0n) is 20.2. The van der Waals surface area contributed by atoms with Crippen LogP contribution in [-0.4, -0.2) is 10.9 Å². The maximum atomic E-state index is 12.4. The number of amides is 1. The number of H-pyrrole nitrogens is 1. The predicted octanol–water partition coefficient (Wildman–Crippen LogP) is 7.82. The standard InChI is InChI=1S/C28H36N2O/c1-14(2)18-9-10-19(15(3)4)27-21(18)12-24(29-27)23-11-20(16(5)6)22-13-25(31)30-28(22)26(23)17(7)8/h9-12,14-17,29H,13H2,1-8H3,(H,30,31). The normalized spacial score (nSPS) is 13.9. The van der Waals surface area contributed by atoms with E-state index in [4.69, 9.17) is 0 Å². The van der Waals surface area contributed by atoms with Crippen molar-refractivity contribution in [3.05, 3.63) is 52.1 Å². The third kappa shape index (κ3) is 3.58. The van der Waals surface area contributed by atoms with Gasteiger partial charge in [-0.2, -0.15) is 0 Å². The lowest BCUT2D eigenvalue weighted by Crippen LogP contribution is -2.06. The van der Waals surface area contributed by atoms with Gasteiger partial charge >= 0.3 is 0 Å². The topological polar surface area (TPSA) is 44.9 Å². The van der Waals surface area contributed by atoms with E-state index in [1.165, 1.54) is 44.3 Å². The molecule has 3 aromatic rings. The second-order valence-corrected chi connectivity index (χ2v) is 10.3. The molecular formula is C28H36N2O. The van der Waals surface area contributed by atoms with Gasteiger partial charge in [-0.15, -0.1) is 0 Å². The largest absolute Gasteiger partial charge is 0.354 e. The van der Waals surface area contributed by atoms with Gasteiger partial charge in [-0.05, 0) is 63.6 Å². The number of rotatable bonds is 5. The molecule has 3 heteroatoms. The molecule has 164 valence electrons. The third-order valence-electron chi connectivity index (χ3n) is 6.70. The molecule has 0 radical (unpaired) electrons. The van der Waals surface area contributed by atoms with Crippen LogP contribution >= 0.6 is 0 Å². The smallest absolute Gasteiger partial charge is 0.228 e. The Morgan fingerprint density at radius 1 is 0.774 bits per heavy atom. The first-order valence-electron chi connectivity index (χ1n) is 11.8. The summed E-state index contributed by atoms with van der Waals surface area (Å²) in [4.78, 5) is 16.2. The second-order valence-electron chi connectivity index (χ2n) is 10.3.